The maximum atomic E-state index is 6.37. The Morgan fingerprint density at radius 2 is 1.56 bits per heavy atom. The van der Waals surface area contributed by atoms with Gasteiger partial charge in [0.25, 0.3) is 0 Å². The highest BCUT2D eigenvalue weighted by Crippen LogP contribution is 2.33. The summed E-state index contributed by atoms with van der Waals surface area (Å²) in [5.74, 6) is 1.61. The number of hydrogen-bond acceptors (Lipinski definition) is 0. The van der Waals surface area contributed by atoms with Gasteiger partial charge in [0, 0.05) is 5.03 Å². The van der Waals surface area contributed by atoms with Gasteiger partial charge in [0.1, 0.15) is 0 Å². The van der Waals surface area contributed by atoms with Crippen molar-refractivity contribution >= 4 is 16.6 Å². The highest BCUT2D eigenvalue weighted by Gasteiger charge is 2.17. The first-order chi connectivity index (χ1) is 17.5. The predicted molar refractivity (Wildman–Crippen MR) is 167 cm³/mol. The van der Waals surface area contributed by atoms with Gasteiger partial charge >= 0.3 is 0 Å². The quantitative estimate of drug-likeness (QED) is 0.350. The number of halogens is 1. The molecule has 0 N–H and O–H groups in total. The number of fused-ring (bicyclic) bond motifs is 2. The van der Waals surface area contributed by atoms with Gasteiger partial charge < -0.3 is 0 Å². The number of allylic oxidation sites excluding steroid dienone is 1. The van der Waals surface area contributed by atoms with E-state index in [-0.39, 0.29) is 0 Å². The topological polar surface area (TPSA) is 0 Å². The molecule has 2 unspecified atom stereocenters. The van der Waals surface area contributed by atoms with Crippen LogP contribution in [0.3, 0.4) is 0 Å². The van der Waals surface area contributed by atoms with Crippen molar-refractivity contribution in [2.24, 2.45) is 11.8 Å². The molecule has 0 fully saturated rings. The van der Waals surface area contributed by atoms with Crippen LogP contribution in [0.25, 0.3) is 5.03 Å². The van der Waals surface area contributed by atoms with E-state index in [9.17, 15) is 0 Å². The summed E-state index contributed by atoms with van der Waals surface area (Å²) in [6.07, 6.45) is 14.9. The summed E-state index contributed by atoms with van der Waals surface area (Å²) in [4.78, 5) is 0. The normalized spacial score (nSPS) is 15.8. The van der Waals surface area contributed by atoms with Gasteiger partial charge in [-0.05, 0) is 84.6 Å². The van der Waals surface area contributed by atoms with E-state index < -0.39 is 0 Å². The first kappa shape index (κ1) is 34.2. The number of rotatable bonds is 5. The van der Waals surface area contributed by atoms with Crippen LogP contribution in [0.5, 0.6) is 0 Å². The molecule has 2 aliphatic rings. The third kappa shape index (κ3) is 12.4. The second-order valence-corrected chi connectivity index (χ2v) is 10.0. The summed E-state index contributed by atoms with van der Waals surface area (Å²) in [6.45, 7) is 21.1. The minimum absolute atomic E-state index is 0.761. The molecule has 1 heteroatoms. The fourth-order valence-electron chi connectivity index (χ4n) is 4.50. The summed E-state index contributed by atoms with van der Waals surface area (Å²) in [5.41, 5.74) is 7.34. The van der Waals surface area contributed by atoms with Crippen molar-refractivity contribution in [1.29, 1.82) is 0 Å². The second-order valence-electron chi connectivity index (χ2n) is 9.62. The van der Waals surface area contributed by atoms with Crippen molar-refractivity contribution < 1.29 is 0 Å². The van der Waals surface area contributed by atoms with Crippen LogP contribution in [-0.4, -0.2) is 0 Å². The standard InChI is InChI=1S/C17H23Cl.C11H14.C3H8.C2H6.C2H4/c1-3-13(2)8-9-14-10-11-17(18)16-7-5-4-6-15(16)12-14;1-2-9-6-7-10-4-3-5-11(10)8-9;1-3-2;2*1-2/h4-7,11,13-14H,3,8-10,12H2,1-2H3;6-8H,2-5H2,1H3;3H2,1-2H3;1-2H3;1-2H2. The molecule has 0 radical (unpaired) electrons. The lowest BCUT2D eigenvalue weighted by atomic mass is 9.89. The molecule has 0 nitrogen and oxygen atoms in total. The SMILES string of the molecule is C=C.CC.CCC.CCC(C)CCC1CC=C(Cl)c2ccccc2C1.CCc1ccc2c(c1)CCC2. The lowest BCUT2D eigenvalue weighted by Crippen LogP contribution is -2.06. The molecule has 0 aliphatic heterocycles. The zero-order chi connectivity index (χ0) is 27.3. The minimum atomic E-state index is 0.761. The molecular weight excluding hydrogens is 456 g/mol. The fraction of sp³-hybridized carbons (Fsp3) is 0.543. The lowest BCUT2D eigenvalue weighted by molar-refractivity contribution is 0.403. The van der Waals surface area contributed by atoms with Gasteiger partial charge in [-0.25, -0.2) is 0 Å². The van der Waals surface area contributed by atoms with Crippen LogP contribution in [0.2, 0.25) is 0 Å². The molecule has 0 aromatic heterocycles. The zero-order valence-electron chi connectivity index (χ0n) is 24.6. The van der Waals surface area contributed by atoms with Crippen LogP contribution in [0.4, 0.5) is 0 Å². The minimum Gasteiger partial charge on any atom is -0.106 e. The number of benzene rings is 2. The van der Waals surface area contributed by atoms with Crippen LogP contribution in [0, 0.1) is 11.8 Å². The molecule has 0 amide bonds. The maximum Gasteiger partial charge on any atom is 0.0441 e. The van der Waals surface area contributed by atoms with E-state index in [0.717, 1.165) is 23.3 Å². The Labute approximate surface area is 230 Å². The van der Waals surface area contributed by atoms with E-state index in [0.29, 0.717) is 0 Å². The third-order valence-electron chi connectivity index (χ3n) is 6.75. The van der Waals surface area contributed by atoms with Crippen molar-refractivity contribution in [3.8, 4) is 0 Å². The molecule has 2 atom stereocenters. The Hall–Kier alpha value is -1.79. The average Bonchev–Trinajstić information content (AvgIpc) is 3.34. The van der Waals surface area contributed by atoms with Gasteiger partial charge in [-0.3, -0.25) is 0 Å². The van der Waals surface area contributed by atoms with Crippen LogP contribution in [0.15, 0.2) is 61.7 Å². The molecule has 2 aromatic rings. The molecule has 0 bridgehead atoms. The van der Waals surface area contributed by atoms with Gasteiger partial charge in [0.15, 0.2) is 0 Å². The summed E-state index contributed by atoms with van der Waals surface area (Å²) in [6, 6.07) is 15.5. The predicted octanol–water partition coefficient (Wildman–Crippen LogP) is 11.6. The summed E-state index contributed by atoms with van der Waals surface area (Å²) in [5, 5.41) is 0.941. The van der Waals surface area contributed by atoms with Crippen molar-refractivity contribution in [2.75, 3.05) is 0 Å². The fourth-order valence-corrected chi connectivity index (χ4v) is 4.77. The molecule has 0 saturated carbocycles. The third-order valence-corrected chi connectivity index (χ3v) is 7.11. The van der Waals surface area contributed by atoms with Gasteiger partial charge in [-0.15, -0.1) is 13.2 Å². The van der Waals surface area contributed by atoms with Gasteiger partial charge in [-0.2, -0.15) is 0 Å². The van der Waals surface area contributed by atoms with E-state index in [2.05, 4.69) is 96.3 Å². The summed E-state index contributed by atoms with van der Waals surface area (Å²) < 4.78 is 0. The highest BCUT2D eigenvalue weighted by atomic mass is 35.5. The molecule has 202 valence electrons. The van der Waals surface area contributed by atoms with Gasteiger partial charge in [0.2, 0.25) is 0 Å². The Morgan fingerprint density at radius 3 is 2.19 bits per heavy atom. The summed E-state index contributed by atoms with van der Waals surface area (Å²) in [7, 11) is 0. The summed E-state index contributed by atoms with van der Waals surface area (Å²) >= 11 is 6.37. The largest absolute Gasteiger partial charge is 0.106 e. The monoisotopic (exact) mass is 510 g/mol. The molecule has 2 aromatic carbocycles. The van der Waals surface area contributed by atoms with E-state index in [1.807, 2.05) is 13.8 Å². The second kappa shape index (κ2) is 21.3. The van der Waals surface area contributed by atoms with Crippen LogP contribution in [0.1, 0.15) is 115 Å². The van der Waals surface area contributed by atoms with E-state index in [4.69, 9.17) is 11.6 Å². The maximum absolute atomic E-state index is 6.37. The zero-order valence-corrected chi connectivity index (χ0v) is 25.4. The van der Waals surface area contributed by atoms with E-state index in [1.54, 1.807) is 11.1 Å². The molecule has 0 heterocycles. The average molecular weight is 511 g/mol. The molecule has 2 aliphatic carbocycles. The van der Waals surface area contributed by atoms with Crippen molar-refractivity contribution in [3.63, 3.8) is 0 Å². The molecule has 36 heavy (non-hydrogen) atoms. The van der Waals surface area contributed by atoms with Gasteiger partial charge in [0.05, 0.1) is 0 Å². The molecule has 0 spiro atoms. The number of aryl methyl sites for hydroxylation is 3. The van der Waals surface area contributed by atoms with Crippen molar-refractivity contribution in [1.82, 2.24) is 0 Å². The Balaban J connectivity index is 0.000000579. The van der Waals surface area contributed by atoms with Crippen LogP contribution < -0.4 is 0 Å². The Morgan fingerprint density at radius 1 is 0.917 bits per heavy atom. The van der Waals surface area contributed by atoms with Gasteiger partial charge in [-0.1, -0.05) is 128 Å². The van der Waals surface area contributed by atoms with Crippen molar-refractivity contribution in [3.05, 3.63) is 89.5 Å². The molecular formula is C35H55Cl. The Kier molecular flexibility index (Phi) is 20.3. The first-order valence-corrected chi connectivity index (χ1v) is 14.9. The Bertz CT molecular complexity index is 847. The number of hydrogen-bond donors (Lipinski definition) is 0. The first-order valence-electron chi connectivity index (χ1n) is 14.6. The smallest absolute Gasteiger partial charge is 0.0441 e. The van der Waals surface area contributed by atoms with E-state index in [1.165, 1.54) is 74.5 Å². The molecule has 4 rings (SSSR count). The van der Waals surface area contributed by atoms with Crippen LogP contribution >= 0.6 is 11.6 Å². The van der Waals surface area contributed by atoms with Crippen molar-refractivity contribution in [2.45, 2.75) is 113 Å². The highest BCUT2D eigenvalue weighted by molar-refractivity contribution is 6.48. The lowest BCUT2D eigenvalue weighted by Gasteiger charge is -2.16. The molecule has 0 saturated heterocycles. The van der Waals surface area contributed by atoms with E-state index >= 15 is 0 Å². The van der Waals surface area contributed by atoms with Crippen LogP contribution in [-0.2, 0) is 25.7 Å².